The molecular formula is C15H23N. The molecule has 1 aromatic rings. The molecule has 88 valence electrons. The summed E-state index contributed by atoms with van der Waals surface area (Å²) in [6.07, 6.45) is 4.11. The average Bonchev–Trinajstić information content (AvgIpc) is 2.29. The number of aryl methyl sites for hydroxylation is 1. The lowest BCUT2D eigenvalue weighted by Gasteiger charge is -2.29. The molecule has 1 aliphatic heterocycles. The van der Waals surface area contributed by atoms with Gasteiger partial charge in [-0.05, 0) is 55.4 Å². The average molecular weight is 217 g/mol. The van der Waals surface area contributed by atoms with Crippen LogP contribution < -0.4 is 4.90 Å². The van der Waals surface area contributed by atoms with Crippen molar-refractivity contribution >= 4 is 5.69 Å². The second-order valence-electron chi connectivity index (χ2n) is 5.30. The van der Waals surface area contributed by atoms with Gasteiger partial charge < -0.3 is 4.90 Å². The molecule has 0 saturated carbocycles. The third-order valence-corrected chi connectivity index (χ3v) is 3.47. The lowest BCUT2D eigenvalue weighted by Crippen LogP contribution is -2.29. The van der Waals surface area contributed by atoms with E-state index in [9.17, 15) is 0 Å². The molecule has 0 aromatic heterocycles. The van der Waals surface area contributed by atoms with E-state index < -0.39 is 0 Å². The van der Waals surface area contributed by atoms with E-state index in [1.165, 1.54) is 49.2 Å². The Morgan fingerprint density at radius 3 is 2.31 bits per heavy atom. The molecule has 16 heavy (non-hydrogen) atoms. The molecule has 1 heteroatoms. The second-order valence-corrected chi connectivity index (χ2v) is 5.30. The summed E-state index contributed by atoms with van der Waals surface area (Å²) >= 11 is 0. The molecule has 1 aromatic carbocycles. The van der Waals surface area contributed by atoms with E-state index in [0.717, 1.165) is 0 Å². The zero-order valence-electron chi connectivity index (χ0n) is 10.8. The summed E-state index contributed by atoms with van der Waals surface area (Å²) in [7, 11) is 0. The molecule has 0 N–H and O–H groups in total. The molecule has 0 bridgehead atoms. The lowest BCUT2D eigenvalue weighted by atomic mass is 9.99. The van der Waals surface area contributed by atoms with Crippen LogP contribution >= 0.6 is 0 Å². The highest BCUT2D eigenvalue weighted by Gasteiger charge is 2.12. The van der Waals surface area contributed by atoms with Gasteiger partial charge in [-0.3, -0.25) is 0 Å². The summed E-state index contributed by atoms with van der Waals surface area (Å²) in [6, 6.07) is 7.03. The fraction of sp³-hybridized carbons (Fsp3) is 0.600. The summed E-state index contributed by atoms with van der Waals surface area (Å²) in [6.45, 7) is 9.23. The van der Waals surface area contributed by atoms with Gasteiger partial charge in [-0.1, -0.05) is 19.9 Å². The molecule has 1 fully saturated rings. The predicted octanol–water partition coefficient (Wildman–Crippen LogP) is 4.11. The Hall–Kier alpha value is -0.980. The standard InChI is InChI=1S/C15H23N/c1-12(2)14-9-13(3)10-15(11-14)16-7-5-4-6-8-16/h9-12H,4-8H2,1-3H3. The molecule has 0 aliphatic carbocycles. The summed E-state index contributed by atoms with van der Waals surface area (Å²) < 4.78 is 0. The minimum absolute atomic E-state index is 0.628. The highest BCUT2D eigenvalue weighted by atomic mass is 15.1. The Labute approximate surface area is 99.5 Å². The maximum Gasteiger partial charge on any atom is 0.0371 e. The molecule has 1 aliphatic rings. The smallest absolute Gasteiger partial charge is 0.0371 e. The van der Waals surface area contributed by atoms with E-state index in [1.807, 2.05) is 0 Å². The zero-order valence-corrected chi connectivity index (χ0v) is 10.8. The van der Waals surface area contributed by atoms with Gasteiger partial charge in [-0.25, -0.2) is 0 Å². The fourth-order valence-corrected chi connectivity index (χ4v) is 2.46. The Morgan fingerprint density at radius 1 is 1.00 bits per heavy atom. The van der Waals surface area contributed by atoms with Gasteiger partial charge >= 0.3 is 0 Å². The molecule has 1 heterocycles. The van der Waals surface area contributed by atoms with Crippen LogP contribution in [0.3, 0.4) is 0 Å². The molecule has 2 rings (SSSR count). The predicted molar refractivity (Wildman–Crippen MR) is 71.3 cm³/mol. The first kappa shape index (κ1) is 11.5. The van der Waals surface area contributed by atoms with E-state index in [4.69, 9.17) is 0 Å². The summed E-state index contributed by atoms with van der Waals surface area (Å²) in [5.74, 6) is 0.628. The summed E-state index contributed by atoms with van der Waals surface area (Å²) in [5.41, 5.74) is 4.30. The first-order valence-corrected chi connectivity index (χ1v) is 6.53. The van der Waals surface area contributed by atoms with Gasteiger partial charge in [0, 0.05) is 18.8 Å². The van der Waals surface area contributed by atoms with Crippen LogP contribution in [0.5, 0.6) is 0 Å². The normalized spacial score (nSPS) is 16.9. The molecule has 1 nitrogen and oxygen atoms in total. The van der Waals surface area contributed by atoms with Gasteiger partial charge in [0.1, 0.15) is 0 Å². The van der Waals surface area contributed by atoms with E-state index in [2.05, 4.69) is 43.9 Å². The van der Waals surface area contributed by atoms with Gasteiger partial charge in [0.05, 0.1) is 0 Å². The van der Waals surface area contributed by atoms with Crippen molar-refractivity contribution in [1.82, 2.24) is 0 Å². The third-order valence-electron chi connectivity index (χ3n) is 3.47. The molecule has 0 atom stereocenters. The largest absolute Gasteiger partial charge is 0.372 e. The van der Waals surface area contributed by atoms with Crippen LogP contribution in [-0.4, -0.2) is 13.1 Å². The summed E-state index contributed by atoms with van der Waals surface area (Å²) in [4.78, 5) is 2.54. The van der Waals surface area contributed by atoms with E-state index in [1.54, 1.807) is 0 Å². The van der Waals surface area contributed by atoms with Crippen molar-refractivity contribution < 1.29 is 0 Å². The van der Waals surface area contributed by atoms with Gasteiger partial charge in [-0.2, -0.15) is 0 Å². The van der Waals surface area contributed by atoms with Crippen LogP contribution in [-0.2, 0) is 0 Å². The van der Waals surface area contributed by atoms with Crippen molar-refractivity contribution in [2.24, 2.45) is 0 Å². The topological polar surface area (TPSA) is 3.24 Å². The zero-order chi connectivity index (χ0) is 11.5. The quantitative estimate of drug-likeness (QED) is 0.720. The van der Waals surface area contributed by atoms with E-state index in [0.29, 0.717) is 5.92 Å². The van der Waals surface area contributed by atoms with E-state index >= 15 is 0 Å². The Kier molecular flexibility index (Phi) is 3.52. The minimum atomic E-state index is 0.628. The van der Waals surface area contributed by atoms with Gasteiger partial charge in [0.25, 0.3) is 0 Å². The lowest BCUT2D eigenvalue weighted by molar-refractivity contribution is 0.577. The third kappa shape index (κ3) is 2.58. The monoisotopic (exact) mass is 217 g/mol. The Balaban J connectivity index is 2.25. The maximum atomic E-state index is 2.54. The molecule has 0 amide bonds. The number of nitrogens with zero attached hydrogens (tertiary/aromatic N) is 1. The number of hydrogen-bond acceptors (Lipinski definition) is 1. The highest BCUT2D eigenvalue weighted by molar-refractivity contribution is 5.52. The van der Waals surface area contributed by atoms with Crippen molar-refractivity contribution in [3.63, 3.8) is 0 Å². The molecule has 0 spiro atoms. The maximum absolute atomic E-state index is 2.54. The first-order chi connectivity index (χ1) is 7.66. The van der Waals surface area contributed by atoms with Gasteiger partial charge in [0.15, 0.2) is 0 Å². The van der Waals surface area contributed by atoms with E-state index in [-0.39, 0.29) is 0 Å². The number of anilines is 1. The molecule has 0 radical (unpaired) electrons. The molecular weight excluding hydrogens is 194 g/mol. The second kappa shape index (κ2) is 4.90. The van der Waals surface area contributed by atoms with Crippen LogP contribution in [0.1, 0.15) is 50.2 Å². The van der Waals surface area contributed by atoms with Crippen LogP contribution in [0.2, 0.25) is 0 Å². The minimum Gasteiger partial charge on any atom is -0.372 e. The van der Waals surface area contributed by atoms with Crippen molar-refractivity contribution in [3.05, 3.63) is 29.3 Å². The Morgan fingerprint density at radius 2 is 1.69 bits per heavy atom. The van der Waals surface area contributed by atoms with Crippen molar-refractivity contribution in [2.75, 3.05) is 18.0 Å². The molecule has 0 unspecified atom stereocenters. The summed E-state index contributed by atoms with van der Waals surface area (Å²) in [5, 5.41) is 0. The fourth-order valence-electron chi connectivity index (χ4n) is 2.46. The van der Waals surface area contributed by atoms with Crippen molar-refractivity contribution in [2.45, 2.75) is 46.0 Å². The number of benzene rings is 1. The van der Waals surface area contributed by atoms with Gasteiger partial charge in [0.2, 0.25) is 0 Å². The number of rotatable bonds is 2. The highest BCUT2D eigenvalue weighted by Crippen LogP contribution is 2.26. The molecule has 1 saturated heterocycles. The van der Waals surface area contributed by atoms with Crippen LogP contribution in [0, 0.1) is 6.92 Å². The first-order valence-electron chi connectivity index (χ1n) is 6.53. The van der Waals surface area contributed by atoms with Crippen LogP contribution in [0.4, 0.5) is 5.69 Å². The SMILES string of the molecule is Cc1cc(C(C)C)cc(N2CCCCC2)c1. The van der Waals surface area contributed by atoms with Crippen molar-refractivity contribution in [1.29, 1.82) is 0 Å². The Bertz CT molecular complexity index is 348. The van der Waals surface area contributed by atoms with Crippen LogP contribution in [0.15, 0.2) is 18.2 Å². The number of hydrogen-bond donors (Lipinski definition) is 0. The van der Waals surface area contributed by atoms with Gasteiger partial charge in [-0.15, -0.1) is 0 Å². The van der Waals surface area contributed by atoms with Crippen LogP contribution in [0.25, 0.3) is 0 Å². The van der Waals surface area contributed by atoms with Crippen molar-refractivity contribution in [3.8, 4) is 0 Å². The number of piperidine rings is 1.